The molecule has 2 aromatic carbocycles. The molecule has 0 amide bonds. The van der Waals surface area contributed by atoms with Crippen LogP contribution in [0.1, 0.15) is 29.6 Å². The minimum Gasteiger partial charge on any atom is -0.497 e. The second-order valence-electron chi connectivity index (χ2n) is 6.20. The fourth-order valence-corrected chi connectivity index (χ4v) is 3.45. The van der Waals surface area contributed by atoms with Crippen molar-refractivity contribution in [1.29, 1.82) is 0 Å². The Balaban J connectivity index is 1.75. The number of rotatable bonds is 4. The third-order valence-corrected chi connectivity index (χ3v) is 4.72. The Hall–Kier alpha value is -3.22. The Labute approximate surface area is 151 Å². The Bertz CT molecular complexity index is 907. The van der Waals surface area contributed by atoms with E-state index in [0.717, 1.165) is 29.0 Å². The molecule has 0 bridgehead atoms. The van der Waals surface area contributed by atoms with Crippen LogP contribution < -0.4 is 20.5 Å². The summed E-state index contributed by atoms with van der Waals surface area (Å²) < 4.78 is 12.7. The smallest absolute Gasteiger partial charge is 0.241 e. The lowest BCUT2D eigenvalue weighted by Gasteiger charge is -2.32. The predicted molar refractivity (Wildman–Crippen MR) is 99.5 cm³/mol. The van der Waals surface area contributed by atoms with Crippen molar-refractivity contribution >= 4 is 11.9 Å². The molecule has 0 saturated heterocycles. The SMILES string of the molecule is COc1ccc([C@H]2C[C@@H](c3ccccc3OC)n3nc(N)nc3N2)cc1. The van der Waals surface area contributed by atoms with E-state index in [1.807, 2.05) is 35.0 Å². The molecule has 3 N–H and O–H groups in total. The van der Waals surface area contributed by atoms with Gasteiger partial charge in [-0.05, 0) is 30.2 Å². The number of para-hydroxylation sites is 1. The molecule has 1 aliphatic rings. The molecule has 1 aromatic heterocycles. The molecular weight excluding hydrogens is 330 g/mol. The van der Waals surface area contributed by atoms with Gasteiger partial charge in [-0.15, -0.1) is 5.10 Å². The van der Waals surface area contributed by atoms with Crippen molar-refractivity contribution in [2.75, 3.05) is 25.3 Å². The van der Waals surface area contributed by atoms with Crippen LogP contribution in [0.5, 0.6) is 11.5 Å². The van der Waals surface area contributed by atoms with E-state index in [-0.39, 0.29) is 18.0 Å². The van der Waals surface area contributed by atoms with Crippen LogP contribution in [0.3, 0.4) is 0 Å². The van der Waals surface area contributed by atoms with Gasteiger partial charge in [-0.1, -0.05) is 30.3 Å². The third-order valence-electron chi connectivity index (χ3n) is 4.72. The van der Waals surface area contributed by atoms with Gasteiger partial charge in [0.05, 0.1) is 26.3 Å². The molecule has 4 rings (SSSR count). The first-order valence-corrected chi connectivity index (χ1v) is 8.45. The molecule has 0 radical (unpaired) electrons. The maximum absolute atomic E-state index is 5.86. The number of nitrogens with zero attached hydrogens (tertiary/aromatic N) is 3. The fourth-order valence-electron chi connectivity index (χ4n) is 3.45. The summed E-state index contributed by atoms with van der Waals surface area (Å²) in [4.78, 5) is 4.34. The van der Waals surface area contributed by atoms with Crippen molar-refractivity contribution in [3.05, 3.63) is 59.7 Å². The standard InChI is InChI=1S/C19H21N5O2/c1-25-13-9-7-12(8-10-13)15-11-16(14-5-3-4-6-17(14)26-2)24-19(21-15)22-18(20)23-24/h3-10,15-16H,11H2,1-2H3,(H3,20,21,22,23)/t15-,16+/m1/s1. The summed E-state index contributed by atoms with van der Waals surface area (Å²) in [6.07, 6.45) is 0.794. The van der Waals surface area contributed by atoms with E-state index in [1.54, 1.807) is 14.2 Å². The quantitative estimate of drug-likeness (QED) is 0.751. The average Bonchev–Trinajstić information content (AvgIpc) is 3.07. The third kappa shape index (κ3) is 2.81. The monoisotopic (exact) mass is 351 g/mol. The number of anilines is 2. The number of ether oxygens (including phenoxy) is 2. The zero-order chi connectivity index (χ0) is 18.1. The van der Waals surface area contributed by atoms with Crippen molar-refractivity contribution in [3.63, 3.8) is 0 Å². The first-order valence-electron chi connectivity index (χ1n) is 8.45. The molecule has 0 fully saturated rings. The Morgan fingerprint density at radius 3 is 2.58 bits per heavy atom. The zero-order valence-electron chi connectivity index (χ0n) is 14.7. The number of nitrogens with two attached hydrogens (primary N) is 1. The number of fused-ring (bicyclic) bond motifs is 1. The predicted octanol–water partition coefficient (Wildman–Crippen LogP) is 3.02. The summed E-state index contributed by atoms with van der Waals surface area (Å²) in [5.74, 6) is 2.57. The van der Waals surface area contributed by atoms with Crippen LogP contribution in [0, 0.1) is 0 Å². The summed E-state index contributed by atoms with van der Waals surface area (Å²) in [5, 5.41) is 7.82. The van der Waals surface area contributed by atoms with Crippen LogP contribution >= 0.6 is 0 Å². The highest BCUT2D eigenvalue weighted by molar-refractivity contribution is 5.45. The van der Waals surface area contributed by atoms with Gasteiger partial charge < -0.3 is 20.5 Å². The number of nitrogen functional groups attached to an aromatic ring is 1. The summed E-state index contributed by atoms with van der Waals surface area (Å²) in [6.45, 7) is 0. The molecule has 7 nitrogen and oxygen atoms in total. The van der Waals surface area contributed by atoms with E-state index in [0.29, 0.717) is 5.95 Å². The Morgan fingerprint density at radius 2 is 1.85 bits per heavy atom. The van der Waals surface area contributed by atoms with Crippen LogP contribution in [0.2, 0.25) is 0 Å². The van der Waals surface area contributed by atoms with Crippen molar-refractivity contribution in [3.8, 4) is 11.5 Å². The molecule has 0 saturated carbocycles. The maximum Gasteiger partial charge on any atom is 0.241 e. The summed E-state index contributed by atoms with van der Waals surface area (Å²) in [7, 11) is 3.34. The summed E-state index contributed by atoms with van der Waals surface area (Å²) in [5.41, 5.74) is 8.07. The number of hydrogen-bond donors (Lipinski definition) is 2. The molecule has 2 atom stereocenters. The van der Waals surface area contributed by atoms with E-state index >= 15 is 0 Å². The molecule has 0 unspecified atom stereocenters. The Kier molecular flexibility index (Phi) is 4.12. The van der Waals surface area contributed by atoms with E-state index in [9.17, 15) is 0 Å². The van der Waals surface area contributed by atoms with Gasteiger partial charge >= 0.3 is 0 Å². The van der Waals surface area contributed by atoms with Crippen LogP contribution in [0.25, 0.3) is 0 Å². The normalized spacial score (nSPS) is 18.7. The molecule has 2 heterocycles. The van der Waals surface area contributed by atoms with Gasteiger partial charge in [0.1, 0.15) is 11.5 Å². The number of aromatic nitrogens is 3. The number of methoxy groups -OCH3 is 2. The van der Waals surface area contributed by atoms with Gasteiger partial charge in [-0.2, -0.15) is 4.98 Å². The fraction of sp³-hybridized carbons (Fsp3) is 0.263. The summed E-state index contributed by atoms with van der Waals surface area (Å²) >= 11 is 0. The van der Waals surface area contributed by atoms with Gasteiger partial charge in [0, 0.05) is 5.56 Å². The number of hydrogen-bond acceptors (Lipinski definition) is 6. The van der Waals surface area contributed by atoms with Crippen LogP contribution in [0.4, 0.5) is 11.9 Å². The van der Waals surface area contributed by atoms with Gasteiger partial charge in [0.15, 0.2) is 0 Å². The van der Waals surface area contributed by atoms with E-state index in [4.69, 9.17) is 15.2 Å². The maximum atomic E-state index is 5.86. The largest absolute Gasteiger partial charge is 0.497 e. The molecule has 0 spiro atoms. The van der Waals surface area contributed by atoms with Crippen molar-refractivity contribution in [2.45, 2.75) is 18.5 Å². The lowest BCUT2D eigenvalue weighted by molar-refractivity contribution is 0.380. The number of nitrogens with one attached hydrogen (secondary N) is 1. The topological polar surface area (TPSA) is 87.2 Å². The second-order valence-corrected chi connectivity index (χ2v) is 6.20. The lowest BCUT2D eigenvalue weighted by atomic mass is 9.93. The highest BCUT2D eigenvalue weighted by Gasteiger charge is 2.32. The average molecular weight is 351 g/mol. The van der Waals surface area contributed by atoms with Gasteiger partial charge in [-0.25, -0.2) is 4.68 Å². The molecule has 3 aromatic rings. The second kappa shape index (κ2) is 6.59. The number of benzene rings is 2. The Morgan fingerprint density at radius 1 is 1.08 bits per heavy atom. The zero-order valence-corrected chi connectivity index (χ0v) is 14.7. The highest BCUT2D eigenvalue weighted by atomic mass is 16.5. The van der Waals surface area contributed by atoms with Gasteiger partial charge in [-0.3, -0.25) is 0 Å². The van der Waals surface area contributed by atoms with Crippen molar-refractivity contribution < 1.29 is 9.47 Å². The molecule has 134 valence electrons. The van der Waals surface area contributed by atoms with Gasteiger partial charge in [0.2, 0.25) is 11.9 Å². The minimum atomic E-state index is -0.0284. The molecule has 26 heavy (non-hydrogen) atoms. The van der Waals surface area contributed by atoms with Crippen molar-refractivity contribution in [1.82, 2.24) is 14.8 Å². The highest BCUT2D eigenvalue weighted by Crippen LogP contribution is 2.40. The molecular formula is C19H21N5O2. The van der Waals surface area contributed by atoms with Crippen LogP contribution in [-0.4, -0.2) is 29.0 Å². The van der Waals surface area contributed by atoms with Crippen LogP contribution in [0.15, 0.2) is 48.5 Å². The van der Waals surface area contributed by atoms with E-state index < -0.39 is 0 Å². The minimum absolute atomic E-state index is 0.0284. The van der Waals surface area contributed by atoms with E-state index in [2.05, 4.69) is 33.6 Å². The molecule has 7 heteroatoms. The molecule has 0 aliphatic carbocycles. The lowest BCUT2D eigenvalue weighted by Crippen LogP contribution is -2.28. The summed E-state index contributed by atoms with van der Waals surface area (Å²) in [6, 6.07) is 16.1. The van der Waals surface area contributed by atoms with Crippen LogP contribution in [-0.2, 0) is 0 Å². The first kappa shape index (κ1) is 16.3. The first-order chi connectivity index (χ1) is 12.7. The van der Waals surface area contributed by atoms with Crippen molar-refractivity contribution in [2.24, 2.45) is 0 Å². The van der Waals surface area contributed by atoms with E-state index in [1.165, 1.54) is 0 Å². The van der Waals surface area contributed by atoms with Gasteiger partial charge in [0.25, 0.3) is 0 Å². The molecule has 1 aliphatic heterocycles.